The molecule has 0 atom stereocenters. The van der Waals surface area contributed by atoms with Crippen molar-refractivity contribution in [1.29, 1.82) is 0 Å². The number of nitrogens with one attached hydrogen (secondary N) is 1. The third-order valence-corrected chi connectivity index (χ3v) is 4.31. The highest BCUT2D eigenvalue weighted by Gasteiger charge is 2.24. The standard InChI is InChI=1S/C14H19N5O4S/c1-14(2,3)23-13(20)15-9-10-24(21,22)12-16-17-18-19(12)11-7-5-4-6-8-11/h4-8H,9-10H2,1-3H3,(H,15,20). The number of alkyl carbamates (subject to hydrolysis) is 1. The van der Waals surface area contributed by atoms with Crippen molar-refractivity contribution in [2.75, 3.05) is 12.3 Å². The molecule has 1 aromatic heterocycles. The summed E-state index contributed by atoms with van der Waals surface area (Å²) in [5.41, 5.74) is -0.124. The Bertz CT molecular complexity index is 796. The molecule has 130 valence electrons. The van der Waals surface area contributed by atoms with Crippen LogP contribution in [-0.2, 0) is 14.6 Å². The van der Waals surface area contributed by atoms with Crippen LogP contribution < -0.4 is 5.32 Å². The van der Waals surface area contributed by atoms with Gasteiger partial charge in [0.25, 0.3) is 5.16 Å². The zero-order chi connectivity index (χ0) is 17.8. The smallest absolute Gasteiger partial charge is 0.407 e. The van der Waals surface area contributed by atoms with Crippen LogP contribution in [-0.4, -0.2) is 52.6 Å². The van der Waals surface area contributed by atoms with Crippen LogP contribution in [0.5, 0.6) is 0 Å². The fraction of sp³-hybridized carbons (Fsp3) is 0.429. The number of aromatic nitrogens is 4. The minimum Gasteiger partial charge on any atom is -0.444 e. The van der Waals surface area contributed by atoms with Crippen molar-refractivity contribution in [2.45, 2.75) is 31.5 Å². The number of nitrogens with zero attached hydrogens (tertiary/aromatic N) is 4. The SMILES string of the molecule is CC(C)(C)OC(=O)NCCS(=O)(=O)c1nnnn1-c1ccccc1. The highest BCUT2D eigenvalue weighted by atomic mass is 32.2. The average molecular weight is 353 g/mol. The van der Waals surface area contributed by atoms with Crippen LogP contribution in [0.3, 0.4) is 0 Å². The molecule has 10 heteroatoms. The monoisotopic (exact) mass is 353 g/mol. The molecule has 9 nitrogen and oxygen atoms in total. The van der Waals surface area contributed by atoms with Crippen LogP contribution >= 0.6 is 0 Å². The van der Waals surface area contributed by atoms with Crippen LogP contribution in [0, 0.1) is 0 Å². The molecule has 1 N–H and O–H groups in total. The third-order valence-electron chi connectivity index (χ3n) is 2.76. The number of rotatable bonds is 5. The minimum atomic E-state index is -3.78. The zero-order valence-corrected chi connectivity index (χ0v) is 14.4. The predicted molar refractivity (Wildman–Crippen MR) is 85.4 cm³/mol. The predicted octanol–water partition coefficient (Wildman–Crippen LogP) is 0.961. The molecule has 2 aromatic rings. The molecule has 2 rings (SSSR count). The highest BCUT2D eigenvalue weighted by molar-refractivity contribution is 7.91. The van der Waals surface area contributed by atoms with Gasteiger partial charge in [0.05, 0.1) is 11.4 Å². The van der Waals surface area contributed by atoms with E-state index in [-0.39, 0.29) is 17.5 Å². The van der Waals surface area contributed by atoms with E-state index in [1.54, 1.807) is 51.1 Å². The molecule has 1 amide bonds. The Morgan fingerprint density at radius 2 is 1.92 bits per heavy atom. The van der Waals surface area contributed by atoms with Gasteiger partial charge in [-0.25, -0.2) is 13.2 Å². The van der Waals surface area contributed by atoms with Gasteiger partial charge in [-0.15, -0.1) is 0 Å². The van der Waals surface area contributed by atoms with Gasteiger partial charge in [-0.3, -0.25) is 0 Å². The summed E-state index contributed by atoms with van der Waals surface area (Å²) in [5.74, 6) is -0.348. The molecule has 0 aliphatic heterocycles. The molecule has 0 aliphatic rings. The van der Waals surface area contributed by atoms with Crippen molar-refractivity contribution >= 4 is 15.9 Å². The van der Waals surface area contributed by atoms with Crippen LogP contribution in [0.25, 0.3) is 5.69 Å². The number of para-hydroxylation sites is 1. The zero-order valence-electron chi connectivity index (χ0n) is 13.6. The summed E-state index contributed by atoms with van der Waals surface area (Å²) in [7, 11) is -3.78. The van der Waals surface area contributed by atoms with Crippen LogP contribution in [0.1, 0.15) is 20.8 Å². The average Bonchev–Trinajstić information content (AvgIpc) is 2.96. The second-order valence-corrected chi connectivity index (χ2v) is 7.96. The minimum absolute atomic E-state index is 0.112. The number of ether oxygens (including phenoxy) is 1. The maximum Gasteiger partial charge on any atom is 0.407 e. The number of sulfone groups is 1. The van der Waals surface area contributed by atoms with Gasteiger partial charge < -0.3 is 10.1 Å². The molecule has 24 heavy (non-hydrogen) atoms. The Hall–Kier alpha value is -2.49. The topological polar surface area (TPSA) is 116 Å². The fourth-order valence-corrected chi connectivity index (χ4v) is 2.92. The van der Waals surface area contributed by atoms with Crippen molar-refractivity contribution in [2.24, 2.45) is 0 Å². The molecule has 0 spiro atoms. The van der Waals surface area contributed by atoms with Crippen LogP contribution in [0.15, 0.2) is 35.5 Å². The van der Waals surface area contributed by atoms with Gasteiger partial charge in [-0.1, -0.05) is 23.3 Å². The van der Waals surface area contributed by atoms with Crippen molar-refractivity contribution < 1.29 is 17.9 Å². The first kappa shape index (κ1) is 17.9. The number of hydrogen-bond donors (Lipinski definition) is 1. The second-order valence-electron chi connectivity index (χ2n) is 5.96. The number of hydrogen-bond acceptors (Lipinski definition) is 7. The van der Waals surface area contributed by atoms with Crippen molar-refractivity contribution in [3.63, 3.8) is 0 Å². The Kier molecular flexibility index (Phi) is 5.17. The van der Waals surface area contributed by atoms with Crippen LogP contribution in [0.4, 0.5) is 4.79 Å². The Morgan fingerprint density at radius 1 is 1.25 bits per heavy atom. The first-order chi connectivity index (χ1) is 11.2. The van der Waals surface area contributed by atoms with E-state index in [4.69, 9.17) is 4.74 Å². The van der Waals surface area contributed by atoms with Gasteiger partial charge in [0.15, 0.2) is 0 Å². The molecular weight excluding hydrogens is 334 g/mol. The molecule has 0 bridgehead atoms. The molecule has 0 saturated carbocycles. The van der Waals surface area contributed by atoms with E-state index >= 15 is 0 Å². The third kappa shape index (κ3) is 4.75. The number of carbonyl (C=O) groups excluding carboxylic acids is 1. The molecule has 0 aliphatic carbocycles. The van der Waals surface area contributed by atoms with E-state index in [1.165, 1.54) is 0 Å². The van der Waals surface area contributed by atoms with E-state index in [9.17, 15) is 13.2 Å². The summed E-state index contributed by atoms with van der Waals surface area (Å²) in [6, 6.07) is 8.67. The molecule has 0 radical (unpaired) electrons. The molecule has 0 saturated heterocycles. The molecular formula is C14H19N5O4S. The van der Waals surface area contributed by atoms with E-state index < -0.39 is 21.5 Å². The van der Waals surface area contributed by atoms with Crippen molar-refractivity contribution in [3.05, 3.63) is 30.3 Å². The largest absolute Gasteiger partial charge is 0.444 e. The lowest BCUT2D eigenvalue weighted by atomic mass is 10.2. The number of tetrazole rings is 1. The van der Waals surface area contributed by atoms with E-state index in [0.717, 1.165) is 4.68 Å². The lowest BCUT2D eigenvalue weighted by molar-refractivity contribution is 0.0531. The molecule has 1 heterocycles. The second kappa shape index (κ2) is 6.95. The van der Waals surface area contributed by atoms with E-state index in [1.807, 2.05) is 0 Å². The summed E-state index contributed by atoms with van der Waals surface area (Å²) < 4.78 is 31.0. The number of carbonyl (C=O) groups is 1. The van der Waals surface area contributed by atoms with Crippen molar-refractivity contribution in [3.8, 4) is 5.69 Å². The fourth-order valence-electron chi connectivity index (χ4n) is 1.80. The maximum atomic E-state index is 12.4. The van der Waals surface area contributed by atoms with Gasteiger partial charge in [0.2, 0.25) is 9.84 Å². The first-order valence-corrected chi connectivity index (χ1v) is 8.88. The number of amides is 1. The van der Waals surface area contributed by atoms with Gasteiger partial charge in [0, 0.05) is 6.54 Å². The number of benzene rings is 1. The van der Waals surface area contributed by atoms with Gasteiger partial charge in [0.1, 0.15) is 5.60 Å². The quantitative estimate of drug-likeness (QED) is 0.851. The molecule has 0 unspecified atom stereocenters. The highest BCUT2D eigenvalue weighted by Crippen LogP contribution is 2.12. The molecule has 0 fully saturated rings. The van der Waals surface area contributed by atoms with E-state index in [2.05, 4.69) is 20.8 Å². The first-order valence-electron chi connectivity index (χ1n) is 7.22. The Balaban J connectivity index is 2.05. The summed E-state index contributed by atoms with van der Waals surface area (Å²) >= 11 is 0. The molecule has 1 aromatic carbocycles. The lowest BCUT2D eigenvalue weighted by Crippen LogP contribution is -2.35. The maximum absolute atomic E-state index is 12.4. The van der Waals surface area contributed by atoms with Crippen LogP contribution in [0.2, 0.25) is 0 Å². The summed E-state index contributed by atoms with van der Waals surface area (Å²) in [4.78, 5) is 11.5. The Morgan fingerprint density at radius 3 is 2.54 bits per heavy atom. The lowest BCUT2D eigenvalue weighted by Gasteiger charge is -2.19. The van der Waals surface area contributed by atoms with E-state index in [0.29, 0.717) is 5.69 Å². The van der Waals surface area contributed by atoms with Gasteiger partial charge >= 0.3 is 6.09 Å². The van der Waals surface area contributed by atoms with Gasteiger partial charge in [-0.2, -0.15) is 4.68 Å². The summed E-state index contributed by atoms with van der Waals surface area (Å²) in [6.07, 6.45) is -0.680. The normalized spacial score (nSPS) is 12.0. The summed E-state index contributed by atoms with van der Waals surface area (Å²) in [6.45, 7) is 5.05. The van der Waals surface area contributed by atoms with Crippen molar-refractivity contribution in [1.82, 2.24) is 25.5 Å². The Labute approximate surface area is 139 Å². The summed E-state index contributed by atoms with van der Waals surface area (Å²) in [5, 5.41) is 12.8. The van der Waals surface area contributed by atoms with Gasteiger partial charge in [-0.05, 0) is 43.3 Å².